The van der Waals surface area contributed by atoms with Crippen molar-refractivity contribution in [2.75, 3.05) is 0 Å². The second kappa shape index (κ2) is 3.17. The molecule has 0 rings (SSSR count). The van der Waals surface area contributed by atoms with Gasteiger partial charge in [-0.3, -0.25) is 0 Å². The second-order valence-corrected chi connectivity index (χ2v) is 2.26. The van der Waals surface area contributed by atoms with Gasteiger partial charge in [0.2, 0.25) is 0 Å². The first-order chi connectivity index (χ1) is 5.56. The molecule has 8 heteroatoms. The van der Waals surface area contributed by atoms with E-state index < -0.39 is 24.4 Å². The van der Waals surface area contributed by atoms with Gasteiger partial charge < -0.3 is 10.5 Å². The number of hydrogen-bond acceptors (Lipinski definition) is 2. The first-order valence-electron chi connectivity index (χ1n) is 2.91. The van der Waals surface area contributed by atoms with Crippen LogP contribution in [-0.2, 0) is 0 Å². The van der Waals surface area contributed by atoms with Crippen LogP contribution in [0.15, 0.2) is 0 Å². The molecule has 0 aromatic heterocycles. The van der Waals surface area contributed by atoms with Gasteiger partial charge in [-0.15, -0.1) is 0 Å². The maximum Gasteiger partial charge on any atom is 0.426 e. The van der Waals surface area contributed by atoms with E-state index in [4.69, 9.17) is 10.5 Å². The van der Waals surface area contributed by atoms with Gasteiger partial charge in [0.25, 0.3) is 5.60 Å². The Bertz CT molecular complexity index is 180. The maximum atomic E-state index is 11.7. The Morgan fingerprint density at radius 3 is 1.38 bits per heavy atom. The van der Waals surface area contributed by atoms with E-state index in [9.17, 15) is 26.3 Å². The van der Waals surface area contributed by atoms with Gasteiger partial charge in [0.1, 0.15) is 0 Å². The fourth-order valence-electron chi connectivity index (χ4n) is 0.540. The third kappa shape index (κ3) is 2.11. The molecule has 2 nitrogen and oxygen atoms in total. The fraction of sp³-hybridized carbons (Fsp3) is 0.800. The molecule has 0 fully saturated rings. The number of alkyl halides is 6. The highest BCUT2D eigenvalue weighted by Gasteiger charge is 2.69. The predicted octanol–water partition coefficient (Wildman–Crippen LogP) is 1.88. The molecular weight excluding hydrogens is 204 g/mol. The van der Waals surface area contributed by atoms with Crippen molar-refractivity contribution in [3.8, 4) is 0 Å². The van der Waals surface area contributed by atoms with Crippen LogP contribution in [-0.4, -0.2) is 29.3 Å². The van der Waals surface area contributed by atoms with E-state index in [1.165, 1.54) is 0 Å². The van der Waals surface area contributed by atoms with E-state index in [1.807, 2.05) is 0 Å². The monoisotopic (exact) mass is 209 g/mol. The van der Waals surface area contributed by atoms with E-state index in [2.05, 4.69) is 0 Å². The summed E-state index contributed by atoms with van der Waals surface area (Å²) in [6, 6.07) is 0. The molecule has 0 bridgehead atoms. The predicted molar refractivity (Wildman–Crippen MR) is 30.5 cm³/mol. The molecule has 0 aliphatic carbocycles. The molecule has 0 saturated heterocycles. The number of halogens is 6. The Morgan fingerprint density at radius 1 is 1.00 bits per heavy atom. The van der Waals surface area contributed by atoms with Gasteiger partial charge in [0.05, 0.1) is 0 Å². The van der Waals surface area contributed by atoms with Gasteiger partial charge in [-0.05, 0) is 6.21 Å². The topological polar surface area (TPSA) is 44.1 Å². The van der Waals surface area contributed by atoms with Crippen molar-refractivity contribution in [3.63, 3.8) is 0 Å². The van der Waals surface area contributed by atoms with Crippen LogP contribution in [0.5, 0.6) is 0 Å². The number of aliphatic hydroxyl groups is 1. The summed E-state index contributed by atoms with van der Waals surface area (Å²) < 4.78 is 70.3. The lowest BCUT2D eigenvalue weighted by atomic mass is 9.99. The number of rotatable bonds is 2. The zero-order valence-corrected chi connectivity index (χ0v) is 6.00. The molecule has 0 amide bonds. The molecule has 0 aromatic rings. The summed E-state index contributed by atoms with van der Waals surface area (Å²) in [7, 11) is 0. The smallest absolute Gasteiger partial charge is 0.373 e. The average Bonchev–Trinajstić information content (AvgIpc) is 1.82. The van der Waals surface area contributed by atoms with Gasteiger partial charge in [0.15, 0.2) is 0 Å². The molecule has 0 unspecified atom stereocenters. The minimum absolute atomic E-state index is 0.138. The van der Waals surface area contributed by atoms with Crippen LogP contribution in [0.4, 0.5) is 26.3 Å². The second-order valence-electron chi connectivity index (χ2n) is 2.26. The van der Waals surface area contributed by atoms with E-state index in [0.29, 0.717) is 0 Å². The van der Waals surface area contributed by atoms with Gasteiger partial charge >= 0.3 is 12.4 Å². The zero-order chi connectivity index (χ0) is 10.9. The van der Waals surface area contributed by atoms with Crippen LogP contribution in [0.2, 0.25) is 0 Å². The highest BCUT2D eigenvalue weighted by molar-refractivity contribution is 5.55. The Balaban J connectivity index is 5.07. The Hall–Kier alpha value is -0.790. The molecule has 13 heavy (non-hydrogen) atoms. The standard InChI is InChI=1S/C5H5F6NO/c6-4(7,8)3(13,1-2-12)5(9,10)11/h2,12-13H,1H2. The van der Waals surface area contributed by atoms with Crippen molar-refractivity contribution in [1.82, 2.24) is 0 Å². The Labute approximate surface area is 68.7 Å². The Morgan fingerprint density at radius 2 is 1.31 bits per heavy atom. The van der Waals surface area contributed by atoms with Crippen molar-refractivity contribution >= 4 is 6.21 Å². The first-order valence-corrected chi connectivity index (χ1v) is 2.91. The summed E-state index contributed by atoms with van der Waals surface area (Å²) in [5, 5.41) is 14.4. The average molecular weight is 209 g/mol. The van der Waals surface area contributed by atoms with Crippen LogP contribution in [0.25, 0.3) is 0 Å². The lowest BCUT2D eigenvalue weighted by Gasteiger charge is -2.30. The van der Waals surface area contributed by atoms with E-state index in [0.717, 1.165) is 0 Å². The van der Waals surface area contributed by atoms with Crippen molar-refractivity contribution in [3.05, 3.63) is 0 Å². The van der Waals surface area contributed by atoms with Gasteiger partial charge in [-0.1, -0.05) is 0 Å². The lowest BCUT2D eigenvalue weighted by Crippen LogP contribution is -2.56. The summed E-state index contributed by atoms with van der Waals surface area (Å²) >= 11 is 0. The largest absolute Gasteiger partial charge is 0.426 e. The van der Waals surface area contributed by atoms with Gasteiger partial charge in [-0.2, -0.15) is 26.3 Å². The molecule has 0 radical (unpaired) electrons. The van der Waals surface area contributed by atoms with Gasteiger partial charge in [-0.25, -0.2) is 0 Å². The molecule has 0 aromatic carbocycles. The van der Waals surface area contributed by atoms with Crippen LogP contribution in [0.1, 0.15) is 6.42 Å². The van der Waals surface area contributed by atoms with E-state index in [1.54, 1.807) is 0 Å². The fourth-order valence-corrected chi connectivity index (χ4v) is 0.540. The number of hydrogen-bond donors (Lipinski definition) is 2. The van der Waals surface area contributed by atoms with Crippen molar-refractivity contribution < 1.29 is 31.4 Å². The van der Waals surface area contributed by atoms with Gasteiger partial charge in [0, 0.05) is 6.42 Å². The minimum Gasteiger partial charge on any atom is -0.373 e. The summed E-state index contributed by atoms with van der Waals surface area (Å²) in [6.45, 7) is 0. The third-order valence-corrected chi connectivity index (χ3v) is 1.34. The van der Waals surface area contributed by atoms with E-state index >= 15 is 0 Å². The quantitative estimate of drug-likeness (QED) is 0.529. The van der Waals surface area contributed by atoms with Crippen molar-refractivity contribution in [2.24, 2.45) is 0 Å². The van der Waals surface area contributed by atoms with Crippen LogP contribution in [0.3, 0.4) is 0 Å². The first kappa shape index (κ1) is 12.2. The molecule has 0 aliphatic rings. The van der Waals surface area contributed by atoms with Crippen LogP contribution < -0.4 is 0 Å². The maximum absolute atomic E-state index is 11.7. The molecule has 0 atom stereocenters. The summed E-state index contributed by atoms with van der Waals surface area (Å²) in [4.78, 5) is 0. The summed E-state index contributed by atoms with van der Waals surface area (Å²) in [5.41, 5.74) is -4.82. The van der Waals surface area contributed by atoms with Crippen LogP contribution in [0, 0.1) is 5.41 Å². The highest BCUT2D eigenvalue weighted by Crippen LogP contribution is 2.44. The molecule has 0 heterocycles. The molecule has 78 valence electrons. The molecule has 0 aliphatic heterocycles. The number of nitrogens with one attached hydrogen (secondary N) is 1. The summed E-state index contributed by atoms with van der Waals surface area (Å²) in [6.07, 6.45) is -13.6. The SMILES string of the molecule is N=CCC(O)(C(F)(F)F)C(F)(F)F. The normalized spacial score (nSPS) is 14.4. The lowest BCUT2D eigenvalue weighted by molar-refractivity contribution is -0.364. The summed E-state index contributed by atoms with van der Waals surface area (Å²) in [5.74, 6) is 0. The molecule has 0 saturated carbocycles. The highest BCUT2D eigenvalue weighted by atomic mass is 19.4. The van der Waals surface area contributed by atoms with Crippen LogP contribution >= 0.6 is 0 Å². The minimum atomic E-state index is -5.83. The third-order valence-electron chi connectivity index (χ3n) is 1.34. The molecule has 0 spiro atoms. The zero-order valence-electron chi connectivity index (χ0n) is 6.00. The molecule has 2 N–H and O–H groups in total. The van der Waals surface area contributed by atoms with E-state index in [-0.39, 0.29) is 6.21 Å². The van der Waals surface area contributed by atoms with Crippen molar-refractivity contribution in [2.45, 2.75) is 24.4 Å². The molecular formula is C5H5F6NO. The Kier molecular flexibility index (Phi) is 2.97. The van der Waals surface area contributed by atoms with Crippen molar-refractivity contribution in [1.29, 1.82) is 5.41 Å².